The fourth-order valence-electron chi connectivity index (χ4n) is 2.03. The molecule has 6 heteroatoms. The van der Waals surface area contributed by atoms with Crippen LogP contribution in [0.2, 0.25) is 0 Å². The molecule has 1 heterocycles. The summed E-state index contributed by atoms with van der Waals surface area (Å²) in [6, 6.07) is 0. The fourth-order valence-corrected chi connectivity index (χ4v) is 2.03. The fraction of sp³-hybridized carbons (Fsp3) is 0.692. The van der Waals surface area contributed by atoms with E-state index in [2.05, 4.69) is 24.1 Å². The lowest BCUT2D eigenvalue weighted by molar-refractivity contribution is 0.518. The van der Waals surface area contributed by atoms with Crippen LogP contribution >= 0.6 is 0 Å². The van der Waals surface area contributed by atoms with Gasteiger partial charge in [-0.05, 0) is 12.3 Å². The highest BCUT2D eigenvalue weighted by Crippen LogP contribution is 2.13. The molecular weight excluding hydrogens is 244 g/mol. The summed E-state index contributed by atoms with van der Waals surface area (Å²) in [5.41, 5.74) is 5.34. The van der Waals surface area contributed by atoms with Gasteiger partial charge < -0.3 is 11.1 Å². The van der Waals surface area contributed by atoms with Gasteiger partial charge in [-0.3, -0.25) is 14.3 Å². The minimum atomic E-state index is -0.447. The van der Waals surface area contributed by atoms with Crippen LogP contribution in [-0.4, -0.2) is 16.1 Å². The summed E-state index contributed by atoms with van der Waals surface area (Å²) in [4.78, 5) is 25.8. The molecule has 0 aliphatic rings. The van der Waals surface area contributed by atoms with Crippen LogP contribution in [0.25, 0.3) is 0 Å². The summed E-state index contributed by atoms with van der Waals surface area (Å²) >= 11 is 0. The molecule has 4 N–H and O–H groups in total. The van der Waals surface area contributed by atoms with E-state index in [0.717, 1.165) is 19.3 Å². The first-order valence-corrected chi connectivity index (χ1v) is 6.91. The van der Waals surface area contributed by atoms with E-state index < -0.39 is 11.2 Å². The predicted molar refractivity (Wildman–Crippen MR) is 78.6 cm³/mol. The minimum absolute atomic E-state index is 0.224. The smallest absolute Gasteiger partial charge is 0.330 e. The van der Waals surface area contributed by atoms with Gasteiger partial charge in [0.25, 0.3) is 5.56 Å². The maximum absolute atomic E-state index is 11.8. The highest BCUT2D eigenvalue weighted by atomic mass is 16.2. The maximum atomic E-state index is 11.8. The van der Waals surface area contributed by atoms with Crippen LogP contribution in [0.4, 0.5) is 11.5 Å². The number of anilines is 2. The van der Waals surface area contributed by atoms with E-state index in [1.165, 1.54) is 4.57 Å². The van der Waals surface area contributed by atoms with Crippen LogP contribution in [0.3, 0.4) is 0 Å². The van der Waals surface area contributed by atoms with E-state index in [1.54, 1.807) is 0 Å². The number of nitrogens with one attached hydrogen (secondary N) is 2. The second kappa shape index (κ2) is 7.01. The molecule has 0 aromatic carbocycles. The minimum Gasteiger partial charge on any atom is -0.383 e. The standard InChI is InChI=1S/C13H24N4O2/c1-4-7-17-11(14)10(12(18)16-13(17)19)15-8-9(5-2)6-3/h9,15H,4-8,14H2,1-3H3,(H,16,18,19). The molecule has 0 aliphatic carbocycles. The zero-order valence-corrected chi connectivity index (χ0v) is 12.0. The predicted octanol–water partition coefficient (Wildman–Crippen LogP) is 1.38. The van der Waals surface area contributed by atoms with Crippen molar-refractivity contribution < 1.29 is 0 Å². The lowest BCUT2D eigenvalue weighted by atomic mass is 10.0. The van der Waals surface area contributed by atoms with Crippen molar-refractivity contribution in [3.8, 4) is 0 Å². The molecule has 0 spiro atoms. The topological polar surface area (TPSA) is 92.9 Å². The van der Waals surface area contributed by atoms with E-state index in [4.69, 9.17) is 5.73 Å². The molecule has 19 heavy (non-hydrogen) atoms. The normalized spacial score (nSPS) is 10.9. The van der Waals surface area contributed by atoms with Gasteiger partial charge in [-0.25, -0.2) is 4.79 Å². The lowest BCUT2D eigenvalue weighted by Crippen LogP contribution is -2.34. The van der Waals surface area contributed by atoms with Gasteiger partial charge in [-0.15, -0.1) is 0 Å². The number of hydrogen-bond acceptors (Lipinski definition) is 4. The van der Waals surface area contributed by atoms with Crippen molar-refractivity contribution in [1.29, 1.82) is 0 Å². The maximum Gasteiger partial charge on any atom is 0.330 e. The number of nitrogens with two attached hydrogens (primary N) is 1. The number of H-pyrrole nitrogens is 1. The Kier molecular flexibility index (Phi) is 5.66. The van der Waals surface area contributed by atoms with E-state index in [0.29, 0.717) is 24.7 Å². The molecule has 0 radical (unpaired) electrons. The van der Waals surface area contributed by atoms with Crippen LogP contribution in [0.15, 0.2) is 9.59 Å². The van der Waals surface area contributed by atoms with Crippen molar-refractivity contribution in [3.05, 3.63) is 20.8 Å². The van der Waals surface area contributed by atoms with Crippen LogP contribution in [-0.2, 0) is 6.54 Å². The first-order chi connectivity index (χ1) is 9.04. The summed E-state index contributed by atoms with van der Waals surface area (Å²) < 4.78 is 1.40. The van der Waals surface area contributed by atoms with Crippen molar-refractivity contribution in [1.82, 2.24) is 9.55 Å². The van der Waals surface area contributed by atoms with Crippen LogP contribution in [0, 0.1) is 5.92 Å². The number of aromatic nitrogens is 2. The van der Waals surface area contributed by atoms with Gasteiger partial charge in [0, 0.05) is 13.1 Å². The van der Waals surface area contributed by atoms with Gasteiger partial charge in [-0.1, -0.05) is 33.6 Å². The molecule has 0 atom stereocenters. The Morgan fingerprint density at radius 3 is 2.42 bits per heavy atom. The zero-order valence-electron chi connectivity index (χ0n) is 12.0. The lowest BCUT2D eigenvalue weighted by Gasteiger charge is -2.16. The SMILES string of the molecule is CCCn1c(N)c(NCC(CC)CC)c(=O)[nH]c1=O. The third-order valence-electron chi connectivity index (χ3n) is 3.41. The second-order valence-corrected chi connectivity index (χ2v) is 4.73. The second-order valence-electron chi connectivity index (χ2n) is 4.73. The Bertz CT molecular complexity index is 514. The van der Waals surface area contributed by atoms with E-state index >= 15 is 0 Å². The first-order valence-electron chi connectivity index (χ1n) is 6.91. The Labute approximate surface area is 113 Å². The van der Waals surface area contributed by atoms with Crippen molar-refractivity contribution in [3.63, 3.8) is 0 Å². The highest BCUT2D eigenvalue weighted by molar-refractivity contribution is 5.60. The summed E-state index contributed by atoms with van der Waals surface area (Å²) in [5, 5.41) is 3.08. The van der Waals surface area contributed by atoms with Crippen LogP contribution < -0.4 is 22.3 Å². The van der Waals surface area contributed by atoms with Crippen molar-refractivity contribution in [2.24, 2.45) is 5.92 Å². The molecule has 1 aromatic rings. The van der Waals surface area contributed by atoms with Gasteiger partial charge in [0.15, 0.2) is 0 Å². The number of aromatic amines is 1. The van der Waals surface area contributed by atoms with Crippen molar-refractivity contribution >= 4 is 11.5 Å². The third kappa shape index (κ3) is 3.62. The Hall–Kier alpha value is -1.72. The molecule has 0 saturated carbocycles. The van der Waals surface area contributed by atoms with Crippen molar-refractivity contribution in [2.45, 2.75) is 46.6 Å². The van der Waals surface area contributed by atoms with E-state index in [1.807, 2.05) is 6.92 Å². The highest BCUT2D eigenvalue weighted by Gasteiger charge is 2.12. The van der Waals surface area contributed by atoms with Gasteiger partial charge in [0.2, 0.25) is 0 Å². The molecule has 6 nitrogen and oxygen atoms in total. The molecule has 1 rings (SSSR count). The Morgan fingerprint density at radius 2 is 1.89 bits per heavy atom. The largest absolute Gasteiger partial charge is 0.383 e. The van der Waals surface area contributed by atoms with Gasteiger partial charge in [0.05, 0.1) is 0 Å². The molecule has 0 unspecified atom stereocenters. The summed E-state index contributed by atoms with van der Waals surface area (Å²) in [5.74, 6) is 0.715. The summed E-state index contributed by atoms with van der Waals surface area (Å²) in [6.45, 7) is 7.36. The number of nitrogen functional groups attached to an aromatic ring is 1. The Balaban J connectivity index is 3.04. The number of hydrogen-bond donors (Lipinski definition) is 3. The summed E-state index contributed by atoms with van der Waals surface area (Å²) in [6.07, 6.45) is 2.86. The van der Waals surface area contributed by atoms with Crippen molar-refractivity contribution in [2.75, 3.05) is 17.6 Å². The summed E-state index contributed by atoms with van der Waals surface area (Å²) in [7, 11) is 0. The molecule has 0 saturated heterocycles. The molecule has 0 bridgehead atoms. The van der Waals surface area contributed by atoms with Crippen LogP contribution in [0.5, 0.6) is 0 Å². The average Bonchev–Trinajstić information content (AvgIpc) is 2.38. The number of nitrogens with zero attached hydrogens (tertiary/aromatic N) is 1. The quantitative estimate of drug-likeness (QED) is 0.696. The third-order valence-corrected chi connectivity index (χ3v) is 3.41. The first kappa shape index (κ1) is 15.3. The molecule has 1 aromatic heterocycles. The molecule has 0 aliphatic heterocycles. The van der Waals surface area contributed by atoms with Gasteiger partial charge >= 0.3 is 5.69 Å². The van der Waals surface area contributed by atoms with Crippen LogP contribution in [0.1, 0.15) is 40.0 Å². The molecule has 0 fully saturated rings. The molecular formula is C13H24N4O2. The molecule has 108 valence electrons. The number of rotatable bonds is 7. The molecule has 0 amide bonds. The van der Waals surface area contributed by atoms with E-state index in [-0.39, 0.29) is 5.82 Å². The van der Waals surface area contributed by atoms with E-state index in [9.17, 15) is 9.59 Å². The van der Waals surface area contributed by atoms with Gasteiger partial charge in [-0.2, -0.15) is 0 Å². The monoisotopic (exact) mass is 268 g/mol. The average molecular weight is 268 g/mol. The zero-order chi connectivity index (χ0) is 14.4. The Morgan fingerprint density at radius 1 is 1.26 bits per heavy atom. The van der Waals surface area contributed by atoms with Gasteiger partial charge in [0.1, 0.15) is 11.5 Å².